The Morgan fingerprint density at radius 2 is 1.93 bits per heavy atom. The first-order chi connectivity index (χ1) is 14.5. The highest BCUT2D eigenvalue weighted by Gasteiger charge is 2.38. The van der Waals surface area contributed by atoms with Crippen molar-refractivity contribution >= 4 is 17.3 Å². The number of carbonyl (C=O) groups excluding carboxylic acids is 1. The van der Waals surface area contributed by atoms with E-state index in [9.17, 15) is 4.79 Å². The monoisotopic (exact) mass is 406 g/mol. The van der Waals surface area contributed by atoms with E-state index < -0.39 is 0 Å². The number of carbonyl (C=O) groups is 1. The van der Waals surface area contributed by atoms with Crippen LogP contribution in [0.1, 0.15) is 49.8 Å². The number of allylic oxidation sites excluding steroid dienone is 2. The average molecular weight is 407 g/mol. The van der Waals surface area contributed by atoms with Crippen molar-refractivity contribution in [2.24, 2.45) is 11.8 Å². The summed E-state index contributed by atoms with van der Waals surface area (Å²) < 4.78 is 10.9. The molecule has 2 N–H and O–H groups in total. The number of fused-ring (bicyclic) bond motifs is 3. The third kappa shape index (κ3) is 3.89. The van der Waals surface area contributed by atoms with Crippen molar-refractivity contribution in [3.8, 4) is 11.5 Å². The van der Waals surface area contributed by atoms with Crippen molar-refractivity contribution in [2.75, 3.05) is 24.9 Å². The summed E-state index contributed by atoms with van der Waals surface area (Å²) >= 11 is 0. The van der Waals surface area contributed by atoms with E-state index in [1.807, 2.05) is 12.1 Å². The average Bonchev–Trinajstić information content (AvgIpc) is 3.22. The molecule has 0 saturated heterocycles. The molecule has 2 aromatic carbocycles. The van der Waals surface area contributed by atoms with Gasteiger partial charge in [-0.3, -0.25) is 4.79 Å². The van der Waals surface area contributed by atoms with Crippen LogP contribution in [0.2, 0.25) is 0 Å². The van der Waals surface area contributed by atoms with Gasteiger partial charge in [-0.1, -0.05) is 32.1 Å². The zero-order valence-corrected chi connectivity index (χ0v) is 18.1. The Bertz CT molecular complexity index is 967. The number of hydrogen-bond donors (Lipinski definition) is 2. The van der Waals surface area contributed by atoms with Crippen LogP contribution < -0.4 is 20.1 Å². The van der Waals surface area contributed by atoms with Gasteiger partial charge >= 0.3 is 0 Å². The molecule has 158 valence electrons. The van der Waals surface area contributed by atoms with Gasteiger partial charge in [0.15, 0.2) is 11.5 Å². The van der Waals surface area contributed by atoms with Crippen LogP contribution in [0.5, 0.6) is 11.5 Å². The first-order valence-corrected chi connectivity index (χ1v) is 10.6. The van der Waals surface area contributed by atoms with Gasteiger partial charge in [0.1, 0.15) is 0 Å². The molecule has 0 bridgehead atoms. The third-order valence-corrected chi connectivity index (χ3v) is 6.01. The van der Waals surface area contributed by atoms with Crippen LogP contribution in [0.25, 0.3) is 0 Å². The van der Waals surface area contributed by atoms with Gasteiger partial charge in [-0.15, -0.1) is 0 Å². The van der Waals surface area contributed by atoms with E-state index in [0.717, 1.165) is 29.3 Å². The van der Waals surface area contributed by atoms with Crippen LogP contribution in [-0.2, 0) is 4.79 Å². The number of benzene rings is 2. The minimum Gasteiger partial charge on any atom is -0.493 e. The Kier molecular flexibility index (Phi) is 5.71. The summed E-state index contributed by atoms with van der Waals surface area (Å²) in [5, 5.41) is 6.79. The molecule has 0 spiro atoms. The molecule has 3 unspecified atom stereocenters. The molecule has 0 radical (unpaired) electrons. The predicted molar refractivity (Wildman–Crippen MR) is 120 cm³/mol. The zero-order valence-electron chi connectivity index (χ0n) is 18.1. The lowest BCUT2D eigenvalue weighted by Gasteiger charge is -2.38. The molecule has 0 fully saturated rings. The van der Waals surface area contributed by atoms with Crippen molar-refractivity contribution in [3.05, 3.63) is 59.7 Å². The van der Waals surface area contributed by atoms with E-state index in [1.165, 1.54) is 11.1 Å². The molecule has 4 rings (SSSR count). The Morgan fingerprint density at radius 1 is 1.13 bits per heavy atom. The molecular formula is C25H30N2O3. The van der Waals surface area contributed by atoms with Crippen LogP contribution in [0.4, 0.5) is 11.4 Å². The zero-order chi connectivity index (χ0) is 21.3. The minimum absolute atomic E-state index is 0.0652. The molecule has 1 amide bonds. The van der Waals surface area contributed by atoms with Gasteiger partial charge in [0.2, 0.25) is 5.91 Å². The highest BCUT2D eigenvalue weighted by Crippen LogP contribution is 2.51. The number of ether oxygens (including phenoxy) is 2. The lowest BCUT2D eigenvalue weighted by Crippen LogP contribution is -2.29. The molecule has 2 aromatic rings. The second-order valence-electron chi connectivity index (χ2n) is 8.54. The molecule has 0 aromatic heterocycles. The lowest BCUT2D eigenvalue weighted by molar-refractivity contribution is -0.116. The summed E-state index contributed by atoms with van der Waals surface area (Å²) in [5.41, 5.74) is 4.41. The van der Waals surface area contributed by atoms with Crippen LogP contribution >= 0.6 is 0 Å². The molecule has 5 nitrogen and oxygen atoms in total. The van der Waals surface area contributed by atoms with E-state index in [2.05, 4.69) is 60.9 Å². The van der Waals surface area contributed by atoms with Crippen molar-refractivity contribution < 1.29 is 14.3 Å². The Balaban J connectivity index is 1.63. The van der Waals surface area contributed by atoms with E-state index in [1.54, 1.807) is 14.2 Å². The van der Waals surface area contributed by atoms with E-state index in [4.69, 9.17) is 9.47 Å². The molecule has 1 heterocycles. The number of rotatable bonds is 6. The van der Waals surface area contributed by atoms with E-state index in [0.29, 0.717) is 24.2 Å². The standard InChI is InChI=1S/C25H30N2O3/c1-15(2)12-24(28)26-17-9-10-21-20(14-17)18-6-5-7-19(18)25(27-21)16-8-11-22(29-3)23(13-16)30-4/h5-6,8-11,13-15,18-19,25,27H,7,12H2,1-4H3,(H,26,28). The molecule has 1 aliphatic carbocycles. The van der Waals surface area contributed by atoms with Crippen LogP contribution in [0.15, 0.2) is 48.6 Å². The highest BCUT2D eigenvalue weighted by atomic mass is 16.5. The van der Waals surface area contributed by atoms with Crippen LogP contribution in [0.3, 0.4) is 0 Å². The fourth-order valence-corrected chi connectivity index (χ4v) is 4.63. The van der Waals surface area contributed by atoms with Gasteiger partial charge in [0, 0.05) is 23.7 Å². The van der Waals surface area contributed by atoms with Crippen molar-refractivity contribution in [2.45, 2.75) is 38.6 Å². The molecule has 1 aliphatic heterocycles. The van der Waals surface area contributed by atoms with E-state index >= 15 is 0 Å². The van der Waals surface area contributed by atoms with Gasteiger partial charge in [-0.05, 0) is 59.7 Å². The fraction of sp³-hybridized carbons (Fsp3) is 0.400. The van der Waals surface area contributed by atoms with Gasteiger partial charge in [0.25, 0.3) is 0 Å². The molecule has 3 atom stereocenters. The Labute approximate surface area is 178 Å². The summed E-state index contributed by atoms with van der Waals surface area (Å²) in [4.78, 5) is 12.2. The Hall–Kier alpha value is -2.95. The quantitative estimate of drug-likeness (QED) is 0.621. The van der Waals surface area contributed by atoms with Crippen molar-refractivity contribution in [1.29, 1.82) is 0 Å². The topological polar surface area (TPSA) is 59.6 Å². The minimum atomic E-state index is 0.0652. The predicted octanol–water partition coefficient (Wildman–Crippen LogP) is 5.51. The third-order valence-electron chi connectivity index (χ3n) is 6.01. The lowest BCUT2D eigenvalue weighted by atomic mass is 9.77. The maximum atomic E-state index is 12.2. The maximum absolute atomic E-state index is 12.2. The summed E-state index contributed by atoms with van der Waals surface area (Å²) in [6.07, 6.45) is 6.12. The molecular weight excluding hydrogens is 376 g/mol. The molecule has 2 aliphatic rings. The molecule has 0 saturated carbocycles. The SMILES string of the molecule is COc1ccc(C2Nc3ccc(NC(=O)CC(C)C)cc3C3C=CCC32)cc1OC. The van der Waals surface area contributed by atoms with Crippen LogP contribution in [-0.4, -0.2) is 20.1 Å². The number of hydrogen-bond acceptors (Lipinski definition) is 4. The van der Waals surface area contributed by atoms with Crippen molar-refractivity contribution in [1.82, 2.24) is 0 Å². The first-order valence-electron chi connectivity index (χ1n) is 10.6. The van der Waals surface area contributed by atoms with Gasteiger partial charge < -0.3 is 20.1 Å². The largest absolute Gasteiger partial charge is 0.493 e. The van der Waals surface area contributed by atoms with Crippen molar-refractivity contribution in [3.63, 3.8) is 0 Å². The number of methoxy groups -OCH3 is 2. The first kappa shape index (κ1) is 20.3. The second kappa shape index (κ2) is 8.42. The second-order valence-corrected chi connectivity index (χ2v) is 8.54. The van der Waals surface area contributed by atoms with Gasteiger partial charge in [-0.2, -0.15) is 0 Å². The van der Waals surface area contributed by atoms with Gasteiger partial charge in [-0.25, -0.2) is 0 Å². The smallest absolute Gasteiger partial charge is 0.224 e. The summed E-state index contributed by atoms with van der Waals surface area (Å²) in [6.45, 7) is 4.11. The highest BCUT2D eigenvalue weighted by molar-refractivity contribution is 5.91. The Morgan fingerprint density at radius 3 is 2.67 bits per heavy atom. The maximum Gasteiger partial charge on any atom is 0.224 e. The summed E-state index contributed by atoms with van der Waals surface area (Å²) in [6, 6.07) is 12.5. The van der Waals surface area contributed by atoms with E-state index in [-0.39, 0.29) is 11.9 Å². The normalized spacial score (nSPS) is 21.6. The molecule has 30 heavy (non-hydrogen) atoms. The number of amides is 1. The summed E-state index contributed by atoms with van der Waals surface area (Å²) in [7, 11) is 3.32. The number of anilines is 2. The fourth-order valence-electron chi connectivity index (χ4n) is 4.63. The summed E-state index contributed by atoms with van der Waals surface area (Å²) in [5.74, 6) is 2.62. The van der Waals surface area contributed by atoms with Gasteiger partial charge in [0.05, 0.1) is 20.3 Å². The molecule has 5 heteroatoms. The number of nitrogens with one attached hydrogen (secondary N) is 2. The van der Waals surface area contributed by atoms with Crippen LogP contribution in [0, 0.1) is 11.8 Å².